The van der Waals surface area contributed by atoms with Gasteiger partial charge < -0.3 is 14.2 Å². The zero-order valence-corrected chi connectivity index (χ0v) is 15.4. The lowest BCUT2D eigenvalue weighted by Crippen LogP contribution is -2.24. The van der Waals surface area contributed by atoms with Crippen molar-refractivity contribution in [2.24, 2.45) is 0 Å². The highest BCUT2D eigenvalue weighted by Gasteiger charge is 2.22. The fraction of sp³-hybridized carbons (Fsp3) is 0.556. The van der Waals surface area contributed by atoms with Gasteiger partial charge in [-0.25, -0.2) is 14.6 Å². The number of carbonyl (C=O) groups is 3. The molecule has 0 aliphatic rings. The molecule has 1 heterocycles. The van der Waals surface area contributed by atoms with Crippen molar-refractivity contribution in [2.45, 2.75) is 53.1 Å². The van der Waals surface area contributed by atoms with Crippen LogP contribution in [0.1, 0.15) is 67.4 Å². The van der Waals surface area contributed by atoms with Crippen LogP contribution in [-0.2, 0) is 25.4 Å². The Labute approximate surface area is 147 Å². The molecular weight excluding hydrogens is 326 g/mol. The van der Waals surface area contributed by atoms with Gasteiger partial charge in [0.2, 0.25) is 0 Å². The van der Waals surface area contributed by atoms with Crippen LogP contribution in [0.4, 0.5) is 0 Å². The van der Waals surface area contributed by atoms with Crippen LogP contribution in [0.25, 0.3) is 0 Å². The highest BCUT2D eigenvalue weighted by molar-refractivity contribution is 6.01. The van der Waals surface area contributed by atoms with E-state index in [1.54, 1.807) is 34.6 Å². The van der Waals surface area contributed by atoms with Crippen LogP contribution in [-0.4, -0.2) is 41.7 Å². The van der Waals surface area contributed by atoms with Crippen LogP contribution in [0.3, 0.4) is 0 Å². The van der Waals surface area contributed by atoms with Gasteiger partial charge in [-0.2, -0.15) is 0 Å². The highest BCUT2D eigenvalue weighted by atomic mass is 16.6. The Hall–Kier alpha value is -2.44. The summed E-state index contributed by atoms with van der Waals surface area (Å²) >= 11 is 0. The molecule has 0 aliphatic carbocycles. The Balaban J connectivity index is 2.95. The topological polar surface area (TPSA) is 91.8 Å². The van der Waals surface area contributed by atoms with Crippen molar-refractivity contribution in [1.82, 2.24) is 4.98 Å². The Kier molecular flexibility index (Phi) is 7.54. The molecule has 0 fully saturated rings. The molecule has 0 radical (unpaired) electrons. The van der Waals surface area contributed by atoms with Crippen molar-refractivity contribution < 1.29 is 28.6 Å². The second-order valence-electron chi connectivity index (χ2n) is 6.27. The number of carbonyl (C=O) groups excluding carboxylic acids is 3. The summed E-state index contributed by atoms with van der Waals surface area (Å²) in [5, 5.41) is 0. The average Bonchev–Trinajstić information content (AvgIpc) is 2.51. The van der Waals surface area contributed by atoms with Crippen LogP contribution in [0, 0.1) is 0 Å². The van der Waals surface area contributed by atoms with Gasteiger partial charge in [-0.15, -0.1) is 0 Å². The summed E-state index contributed by atoms with van der Waals surface area (Å²) in [6.45, 7) is 9.05. The monoisotopic (exact) mass is 351 g/mol. The van der Waals surface area contributed by atoms with E-state index in [-0.39, 0.29) is 36.9 Å². The van der Waals surface area contributed by atoms with E-state index < -0.39 is 17.5 Å². The largest absolute Gasteiger partial charge is 0.462 e. The fourth-order valence-electron chi connectivity index (χ4n) is 2.01. The highest BCUT2D eigenvalue weighted by Crippen LogP contribution is 2.15. The van der Waals surface area contributed by atoms with Gasteiger partial charge in [0.1, 0.15) is 5.60 Å². The molecule has 7 nitrogen and oxygen atoms in total. The first-order valence-corrected chi connectivity index (χ1v) is 8.23. The number of nitrogens with zero attached hydrogens (tertiary/aromatic N) is 1. The van der Waals surface area contributed by atoms with Crippen LogP contribution in [0.2, 0.25) is 0 Å². The van der Waals surface area contributed by atoms with Gasteiger partial charge in [0.05, 0.1) is 18.8 Å². The molecule has 0 aliphatic heterocycles. The lowest BCUT2D eigenvalue weighted by molar-refractivity contribution is -0.154. The number of hydrogen-bond donors (Lipinski definition) is 0. The number of esters is 3. The van der Waals surface area contributed by atoms with Crippen molar-refractivity contribution in [3.05, 3.63) is 29.1 Å². The van der Waals surface area contributed by atoms with E-state index in [4.69, 9.17) is 14.2 Å². The number of aryl methyl sites for hydroxylation is 1. The maximum atomic E-state index is 12.1. The lowest BCUT2D eigenvalue weighted by atomic mass is 10.1. The Bertz CT molecular complexity index is 633. The molecule has 138 valence electrons. The van der Waals surface area contributed by atoms with Gasteiger partial charge in [-0.05, 0) is 52.7 Å². The molecule has 1 rings (SSSR count). The van der Waals surface area contributed by atoms with Crippen molar-refractivity contribution in [3.63, 3.8) is 0 Å². The summed E-state index contributed by atoms with van der Waals surface area (Å²) in [4.78, 5) is 39.9. The third-order valence-corrected chi connectivity index (χ3v) is 2.95. The lowest BCUT2D eigenvalue weighted by Gasteiger charge is -2.19. The first kappa shape index (κ1) is 20.6. The molecule has 1 aromatic rings. The summed E-state index contributed by atoms with van der Waals surface area (Å²) in [7, 11) is 0. The summed E-state index contributed by atoms with van der Waals surface area (Å²) in [6, 6.07) is 1.50. The van der Waals surface area contributed by atoms with Gasteiger partial charge in [-0.1, -0.05) is 0 Å². The number of aromatic nitrogens is 1. The summed E-state index contributed by atoms with van der Waals surface area (Å²) < 4.78 is 15.1. The Morgan fingerprint density at radius 1 is 1.04 bits per heavy atom. The predicted molar refractivity (Wildman–Crippen MR) is 90.3 cm³/mol. The smallest absolute Gasteiger partial charge is 0.357 e. The molecule has 0 spiro atoms. The molecule has 0 unspecified atom stereocenters. The maximum absolute atomic E-state index is 12.1. The maximum Gasteiger partial charge on any atom is 0.357 e. The minimum Gasteiger partial charge on any atom is -0.462 e. The summed E-state index contributed by atoms with van der Waals surface area (Å²) in [5.41, 5.74) is 0.00408. The number of hydrogen-bond acceptors (Lipinski definition) is 7. The third-order valence-electron chi connectivity index (χ3n) is 2.95. The van der Waals surface area contributed by atoms with Gasteiger partial charge in [0, 0.05) is 12.6 Å². The third kappa shape index (κ3) is 6.91. The fourth-order valence-corrected chi connectivity index (χ4v) is 2.01. The molecule has 0 atom stereocenters. The Morgan fingerprint density at radius 3 is 2.20 bits per heavy atom. The standard InChI is InChI=1S/C18H25NO6/c1-6-23-16(21)13-10-12(8-9-14(20)25-18(3,4)5)11-19-15(13)17(22)24-7-2/h10-11H,6-9H2,1-5H3. The van der Waals surface area contributed by atoms with Gasteiger partial charge in [0.25, 0.3) is 0 Å². The average molecular weight is 351 g/mol. The number of ether oxygens (including phenoxy) is 3. The van der Waals surface area contributed by atoms with E-state index in [9.17, 15) is 14.4 Å². The summed E-state index contributed by atoms with van der Waals surface area (Å²) in [6.07, 6.45) is 1.91. The molecular formula is C18H25NO6. The van der Waals surface area contributed by atoms with E-state index in [0.29, 0.717) is 12.0 Å². The van der Waals surface area contributed by atoms with Crippen LogP contribution in [0.15, 0.2) is 12.3 Å². The first-order chi connectivity index (χ1) is 11.7. The van der Waals surface area contributed by atoms with Crippen LogP contribution < -0.4 is 0 Å². The molecule has 25 heavy (non-hydrogen) atoms. The van der Waals surface area contributed by atoms with E-state index in [2.05, 4.69) is 4.98 Å². The second kappa shape index (κ2) is 9.15. The van der Waals surface area contributed by atoms with Gasteiger partial charge >= 0.3 is 17.9 Å². The molecule has 7 heteroatoms. The quantitative estimate of drug-likeness (QED) is 0.551. The zero-order chi connectivity index (χ0) is 19.0. The Morgan fingerprint density at radius 2 is 1.64 bits per heavy atom. The van der Waals surface area contributed by atoms with Crippen molar-refractivity contribution in [3.8, 4) is 0 Å². The molecule has 0 saturated carbocycles. The molecule has 0 bridgehead atoms. The normalized spacial score (nSPS) is 10.9. The van der Waals surface area contributed by atoms with E-state index >= 15 is 0 Å². The molecule has 1 aromatic heterocycles. The minimum atomic E-state index is -0.691. The SMILES string of the molecule is CCOC(=O)c1cc(CCC(=O)OC(C)(C)C)cnc1C(=O)OCC. The zero-order valence-electron chi connectivity index (χ0n) is 15.4. The van der Waals surface area contributed by atoms with Gasteiger partial charge in [0.15, 0.2) is 5.69 Å². The predicted octanol–water partition coefficient (Wildman–Crippen LogP) is 2.71. The van der Waals surface area contributed by atoms with E-state index in [0.717, 1.165) is 0 Å². The van der Waals surface area contributed by atoms with E-state index in [1.807, 2.05) is 0 Å². The number of pyridine rings is 1. The van der Waals surface area contributed by atoms with Crippen molar-refractivity contribution in [1.29, 1.82) is 0 Å². The first-order valence-electron chi connectivity index (χ1n) is 8.23. The molecule has 0 amide bonds. The summed E-state index contributed by atoms with van der Waals surface area (Å²) in [5.74, 6) is -1.69. The molecule has 0 saturated heterocycles. The van der Waals surface area contributed by atoms with Crippen LogP contribution >= 0.6 is 0 Å². The van der Waals surface area contributed by atoms with Crippen molar-refractivity contribution in [2.75, 3.05) is 13.2 Å². The molecule has 0 aromatic carbocycles. The number of rotatable bonds is 7. The minimum absolute atomic E-state index is 0.0296. The van der Waals surface area contributed by atoms with Crippen molar-refractivity contribution >= 4 is 17.9 Å². The van der Waals surface area contributed by atoms with E-state index in [1.165, 1.54) is 12.3 Å². The molecule has 0 N–H and O–H groups in total. The van der Waals surface area contributed by atoms with Gasteiger partial charge in [-0.3, -0.25) is 4.79 Å². The van der Waals surface area contributed by atoms with Crippen LogP contribution in [0.5, 0.6) is 0 Å². The second-order valence-corrected chi connectivity index (χ2v) is 6.27.